The molecule has 9 heteroatoms. The Balaban J connectivity index is -0.000000277. The molecule has 2 N–H and O–H groups in total. The fraction of sp³-hybridized carbons (Fsp3) is 0.909. The summed E-state index contributed by atoms with van der Waals surface area (Å²) in [7, 11) is 0. The molecule has 20 heavy (non-hydrogen) atoms. The molecule has 0 saturated heterocycles. The molecule has 0 aliphatic carbocycles. The maximum absolute atomic E-state index is 11.7. The lowest BCUT2D eigenvalue weighted by Crippen LogP contribution is -2.39. The minimum atomic E-state index is -4.68. The zero-order chi connectivity index (χ0) is 16.3. The Morgan fingerprint density at radius 2 is 1.20 bits per heavy atom. The third-order valence-corrected chi connectivity index (χ3v) is 2.41. The van der Waals surface area contributed by atoms with Gasteiger partial charge in [0.05, 0.1) is 12.0 Å². The van der Waals surface area contributed by atoms with Crippen LogP contribution in [-0.4, -0.2) is 35.1 Å². The largest absolute Gasteiger partial charge is 0.481 e. The van der Waals surface area contributed by atoms with Gasteiger partial charge in [-0.3, -0.25) is 4.79 Å². The second kappa shape index (κ2) is 7.14. The molecule has 0 bridgehead atoms. The van der Waals surface area contributed by atoms with Crippen LogP contribution in [0.5, 0.6) is 0 Å². The monoisotopic (exact) mass is 314 g/mol. The number of alkyl halides is 6. The highest BCUT2D eigenvalue weighted by Gasteiger charge is 2.53. The van der Waals surface area contributed by atoms with Crippen molar-refractivity contribution in [2.45, 2.75) is 47.5 Å². The predicted molar refractivity (Wildman–Crippen MR) is 61.1 cm³/mol. The number of aliphatic carboxylic acids is 1. The minimum absolute atomic E-state index is 0. The van der Waals surface area contributed by atoms with E-state index in [9.17, 15) is 31.1 Å². The van der Waals surface area contributed by atoms with Gasteiger partial charge in [0.15, 0.2) is 5.41 Å². The zero-order valence-electron chi connectivity index (χ0n) is 10.8. The van der Waals surface area contributed by atoms with E-state index in [4.69, 9.17) is 10.2 Å². The van der Waals surface area contributed by atoms with Crippen molar-refractivity contribution in [2.75, 3.05) is 6.61 Å². The Labute approximate surface area is 113 Å². The molecule has 3 nitrogen and oxygen atoms in total. The van der Waals surface area contributed by atoms with Gasteiger partial charge in [-0.1, -0.05) is 7.43 Å². The van der Waals surface area contributed by atoms with Gasteiger partial charge in [-0.15, -0.1) is 0 Å². The van der Waals surface area contributed by atoms with E-state index >= 15 is 0 Å². The van der Waals surface area contributed by atoms with Crippen LogP contribution in [-0.2, 0) is 4.79 Å². The van der Waals surface area contributed by atoms with Gasteiger partial charge < -0.3 is 10.2 Å². The summed E-state index contributed by atoms with van der Waals surface area (Å²) in [6.45, 7) is 2.28. The minimum Gasteiger partial charge on any atom is -0.481 e. The lowest BCUT2D eigenvalue weighted by molar-refractivity contribution is -0.222. The van der Waals surface area contributed by atoms with Crippen LogP contribution in [0.15, 0.2) is 0 Å². The number of carboxylic acids is 1. The van der Waals surface area contributed by atoms with E-state index in [1.54, 1.807) is 0 Å². The maximum atomic E-state index is 11.7. The van der Waals surface area contributed by atoms with Crippen molar-refractivity contribution >= 4 is 5.97 Å². The molecule has 0 fully saturated rings. The summed E-state index contributed by atoms with van der Waals surface area (Å²) in [5.41, 5.74) is -4.61. The second-order valence-corrected chi connectivity index (χ2v) is 4.97. The van der Waals surface area contributed by atoms with Gasteiger partial charge >= 0.3 is 18.3 Å². The van der Waals surface area contributed by atoms with Crippen LogP contribution in [0.3, 0.4) is 0 Å². The fourth-order valence-electron chi connectivity index (χ4n) is 0.211. The number of rotatable bonds is 2. The molecular weight excluding hydrogens is 294 g/mol. The number of aliphatic hydroxyl groups is 1. The van der Waals surface area contributed by atoms with E-state index in [2.05, 4.69) is 0 Å². The van der Waals surface area contributed by atoms with Crippen LogP contribution in [0.2, 0.25) is 0 Å². The summed E-state index contributed by atoms with van der Waals surface area (Å²) in [5, 5.41) is 16.3. The number of hydrogen-bond acceptors (Lipinski definition) is 2. The van der Waals surface area contributed by atoms with Crippen molar-refractivity contribution in [3.8, 4) is 0 Å². The third-order valence-electron chi connectivity index (χ3n) is 2.41. The molecule has 0 spiro atoms. The molecule has 0 aliphatic rings. The molecule has 0 radical (unpaired) electrons. The van der Waals surface area contributed by atoms with E-state index in [1.165, 1.54) is 0 Å². The number of carbonyl (C=O) groups is 1. The Bertz CT molecular complexity index is 304. The summed E-state index contributed by atoms with van der Waals surface area (Å²) < 4.78 is 70.1. The molecule has 0 aliphatic heterocycles. The van der Waals surface area contributed by atoms with Gasteiger partial charge in [0.25, 0.3) is 0 Å². The van der Waals surface area contributed by atoms with E-state index in [-0.39, 0.29) is 7.43 Å². The lowest BCUT2D eigenvalue weighted by atomic mass is 9.93. The summed E-state index contributed by atoms with van der Waals surface area (Å²) >= 11 is 0. The van der Waals surface area contributed by atoms with Gasteiger partial charge in [0.2, 0.25) is 0 Å². The average Bonchev–Trinajstić information content (AvgIpc) is 2.14. The van der Waals surface area contributed by atoms with Crippen molar-refractivity contribution in [3.05, 3.63) is 0 Å². The Morgan fingerprint density at radius 3 is 1.20 bits per heavy atom. The van der Waals surface area contributed by atoms with Crippen molar-refractivity contribution in [3.63, 3.8) is 0 Å². The first-order chi connectivity index (χ1) is 8.00. The molecule has 0 aromatic rings. The average molecular weight is 314 g/mol. The fourth-order valence-corrected chi connectivity index (χ4v) is 0.211. The molecule has 0 aromatic carbocycles. The molecule has 0 aromatic heterocycles. The molecule has 0 amide bonds. The van der Waals surface area contributed by atoms with Crippen LogP contribution in [0, 0.1) is 10.8 Å². The highest BCUT2D eigenvalue weighted by atomic mass is 19.4. The molecule has 0 unspecified atom stereocenters. The Kier molecular flexibility index (Phi) is 8.59. The lowest BCUT2D eigenvalue weighted by Gasteiger charge is -2.24. The van der Waals surface area contributed by atoms with Crippen LogP contribution >= 0.6 is 0 Å². The molecule has 0 saturated carbocycles. The molecule has 124 valence electrons. The van der Waals surface area contributed by atoms with Crippen LogP contribution in [0.25, 0.3) is 0 Å². The first-order valence-electron chi connectivity index (χ1n) is 4.98. The van der Waals surface area contributed by atoms with E-state index in [1.807, 2.05) is 0 Å². The summed E-state index contributed by atoms with van der Waals surface area (Å²) in [6, 6.07) is 0. The third kappa shape index (κ3) is 6.44. The Morgan fingerprint density at radius 1 is 0.900 bits per heavy atom. The van der Waals surface area contributed by atoms with Crippen molar-refractivity contribution < 1.29 is 41.4 Å². The van der Waals surface area contributed by atoms with Crippen molar-refractivity contribution in [2.24, 2.45) is 10.8 Å². The zero-order valence-corrected chi connectivity index (χ0v) is 10.8. The van der Waals surface area contributed by atoms with Gasteiger partial charge in [-0.2, -0.15) is 26.3 Å². The second-order valence-electron chi connectivity index (χ2n) is 4.97. The molecule has 0 atom stereocenters. The smallest absolute Gasteiger partial charge is 0.404 e. The number of hydrogen-bond donors (Lipinski definition) is 2. The molecule has 0 heterocycles. The highest BCUT2D eigenvalue weighted by Crippen LogP contribution is 2.37. The molecule has 0 rings (SSSR count). The summed E-state index contributed by atoms with van der Waals surface area (Å²) in [6.07, 6.45) is -8.99. The first-order valence-corrected chi connectivity index (χ1v) is 4.98. The number of halogens is 6. The van der Waals surface area contributed by atoms with Crippen molar-refractivity contribution in [1.29, 1.82) is 0 Å². The summed E-state index contributed by atoms with van der Waals surface area (Å²) in [5.74, 6) is -1.86. The maximum Gasteiger partial charge on any atom is 0.404 e. The highest BCUT2D eigenvalue weighted by molar-refractivity contribution is 5.74. The van der Waals surface area contributed by atoms with E-state index in [0.717, 1.165) is 13.8 Å². The Hall–Kier alpha value is -0.990. The van der Waals surface area contributed by atoms with Gasteiger partial charge in [-0.25, -0.2) is 0 Å². The summed E-state index contributed by atoms with van der Waals surface area (Å²) in [4.78, 5) is 9.95. The standard InChI is InChI=1S/C5H7F3O2.C5H9F3O.CH4/c1-4(2,3(9)10)5(6,7)8;1-4(2,3-9)5(6,7)8;/h1-2H3,(H,9,10);9H,3H2,1-2H3;1H4. The quantitative estimate of drug-likeness (QED) is 0.761. The normalized spacial score (nSPS) is 12.9. The van der Waals surface area contributed by atoms with Crippen LogP contribution in [0.1, 0.15) is 35.1 Å². The number of carboxylic acid groups (broad SMARTS) is 1. The van der Waals surface area contributed by atoms with Gasteiger partial charge in [0, 0.05) is 0 Å². The van der Waals surface area contributed by atoms with E-state index in [0.29, 0.717) is 13.8 Å². The van der Waals surface area contributed by atoms with Gasteiger partial charge in [0.1, 0.15) is 0 Å². The van der Waals surface area contributed by atoms with Crippen LogP contribution < -0.4 is 0 Å². The van der Waals surface area contributed by atoms with Crippen molar-refractivity contribution in [1.82, 2.24) is 0 Å². The predicted octanol–water partition coefficient (Wildman–Crippen LogP) is 3.86. The first kappa shape index (κ1) is 24.1. The van der Waals surface area contributed by atoms with Crippen LogP contribution in [0.4, 0.5) is 26.3 Å². The van der Waals surface area contributed by atoms with E-state index < -0.39 is 35.8 Å². The van der Waals surface area contributed by atoms with Gasteiger partial charge in [-0.05, 0) is 27.7 Å². The topological polar surface area (TPSA) is 57.5 Å². The number of aliphatic hydroxyl groups excluding tert-OH is 1. The SMILES string of the molecule is C.CC(C)(C(=O)O)C(F)(F)F.CC(C)(CO)C(F)(F)F. The molecular formula is C11H20F6O3.